The molecule has 11 heavy (non-hydrogen) atoms. The van der Waals surface area contributed by atoms with Gasteiger partial charge >= 0.3 is 0 Å². The zero-order chi connectivity index (χ0) is 8.54. The molecule has 1 fully saturated rings. The molecule has 2 N–H and O–H groups in total. The average Bonchev–Trinajstić information content (AvgIpc) is 2.28. The highest BCUT2D eigenvalue weighted by Crippen LogP contribution is 2.42. The third kappa shape index (κ3) is 1.74. The monoisotopic (exact) mass is 157 g/mol. The molecule has 0 amide bonds. The van der Waals surface area contributed by atoms with Crippen LogP contribution in [0.15, 0.2) is 0 Å². The van der Waals surface area contributed by atoms with Crippen LogP contribution in [0.3, 0.4) is 0 Å². The molecule has 1 atom stereocenters. The first-order valence-corrected chi connectivity index (χ1v) is 4.33. The van der Waals surface area contributed by atoms with Crippen LogP contribution in [0.5, 0.6) is 0 Å². The Labute approximate surface area is 69.0 Å². The summed E-state index contributed by atoms with van der Waals surface area (Å²) in [7, 11) is 1.94. The number of hydrogen-bond donors (Lipinski definition) is 2. The summed E-state index contributed by atoms with van der Waals surface area (Å²) in [5.41, 5.74) is 0.426. The molecule has 1 rings (SSSR count). The van der Waals surface area contributed by atoms with Crippen LogP contribution in [0.1, 0.15) is 33.1 Å². The van der Waals surface area contributed by atoms with E-state index in [0.717, 1.165) is 12.8 Å². The van der Waals surface area contributed by atoms with Crippen molar-refractivity contribution >= 4 is 0 Å². The second-order valence-corrected chi connectivity index (χ2v) is 4.53. The van der Waals surface area contributed by atoms with E-state index in [1.807, 2.05) is 7.05 Å². The smallest absolute Gasteiger partial charge is 0.0613 e. The van der Waals surface area contributed by atoms with Crippen molar-refractivity contribution in [2.45, 2.75) is 38.6 Å². The zero-order valence-electron chi connectivity index (χ0n) is 7.78. The maximum atomic E-state index is 9.19. The van der Waals surface area contributed by atoms with Crippen molar-refractivity contribution < 1.29 is 5.11 Å². The van der Waals surface area contributed by atoms with Crippen molar-refractivity contribution in [3.63, 3.8) is 0 Å². The van der Waals surface area contributed by atoms with Crippen LogP contribution in [0.2, 0.25) is 0 Å². The summed E-state index contributed by atoms with van der Waals surface area (Å²) >= 11 is 0. The minimum Gasteiger partial charge on any atom is -0.394 e. The molecular formula is C9H19NO. The van der Waals surface area contributed by atoms with Crippen LogP contribution in [0.25, 0.3) is 0 Å². The van der Waals surface area contributed by atoms with Gasteiger partial charge in [-0.15, -0.1) is 0 Å². The summed E-state index contributed by atoms with van der Waals surface area (Å²) in [5, 5.41) is 12.4. The Morgan fingerprint density at radius 1 is 1.36 bits per heavy atom. The molecule has 0 heterocycles. The minimum atomic E-state index is 0.0174. The fraction of sp³-hybridized carbons (Fsp3) is 1.00. The van der Waals surface area contributed by atoms with Crippen LogP contribution >= 0.6 is 0 Å². The molecule has 66 valence electrons. The lowest BCUT2D eigenvalue weighted by atomic mass is 9.88. The number of rotatable bonds is 2. The number of aliphatic hydroxyl groups is 1. The van der Waals surface area contributed by atoms with Gasteiger partial charge in [-0.1, -0.05) is 13.8 Å². The van der Waals surface area contributed by atoms with Gasteiger partial charge in [0.1, 0.15) is 0 Å². The topological polar surface area (TPSA) is 32.3 Å². The van der Waals surface area contributed by atoms with E-state index in [4.69, 9.17) is 0 Å². The predicted molar refractivity (Wildman–Crippen MR) is 46.5 cm³/mol. The van der Waals surface area contributed by atoms with Crippen LogP contribution in [0, 0.1) is 5.41 Å². The molecular weight excluding hydrogens is 138 g/mol. The number of likely N-dealkylation sites (N-methyl/N-ethyl adjacent to an activating group) is 1. The molecule has 1 aliphatic carbocycles. The fourth-order valence-electron chi connectivity index (χ4n) is 2.10. The maximum absolute atomic E-state index is 9.19. The first kappa shape index (κ1) is 9.01. The van der Waals surface area contributed by atoms with Crippen molar-refractivity contribution in [1.29, 1.82) is 0 Å². The molecule has 0 saturated heterocycles. The van der Waals surface area contributed by atoms with E-state index >= 15 is 0 Å². The van der Waals surface area contributed by atoms with Gasteiger partial charge in [0.15, 0.2) is 0 Å². The molecule has 0 aromatic carbocycles. The molecule has 0 bridgehead atoms. The van der Waals surface area contributed by atoms with Crippen molar-refractivity contribution in [3.05, 3.63) is 0 Å². The fourth-order valence-corrected chi connectivity index (χ4v) is 2.10. The van der Waals surface area contributed by atoms with E-state index in [0.29, 0.717) is 5.41 Å². The van der Waals surface area contributed by atoms with E-state index in [-0.39, 0.29) is 12.1 Å². The summed E-state index contributed by atoms with van der Waals surface area (Å²) < 4.78 is 0. The number of hydrogen-bond acceptors (Lipinski definition) is 2. The van der Waals surface area contributed by atoms with E-state index in [1.165, 1.54) is 6.42 Å². The molecule has 2 heteroatoms. The Morgan fingerprint density at radius 2 is 2.00 bits per heavy atom. The highest BCUT2D eigenvalue weighted by molar-refractivity contribution is 4.98. The summed E-state index contributed by atoms with van der Waals surface area (Å²) in [5.74, 6) is 0. The van der Waals surface area contributed by atoms with Gasteiger partial charge in [-0.3, -0.25) is 0 Å². The van der Waals surface area contributed by atoms with E-state index in [1.54, 1.807) is 0 Å². The Morgan fingerprint density at radius 3 is 2.18 bits per heavy atom. The normalized spacial score (nSPS) is 36.0. The maximum Gasteiger partial charge on any atom is 0.0613 e. The molecule has 0 spiro atoms. The van der Waals surface area contributed by atoms with Crippen LogP contribution in [-0.2, 0) is 0 Å². The molecule has 2 nitrogen and oxygen atoms in total. The standard InChI is InChI=1S/C9H19NO/c1-8(2)4-5-9(6-8,7-11)10-3/h10-11H,4-7H2,1-3H3. The molecule has 0 aromatic rings. The Kier molecular flexibility index (Phi) is 2.26. The van der Waals surface area contributed by atoms with E-state index < -0.39 is 0 Å². The Hall–Kier alpha value is -0.0800. The van der Waals surface area contributed by atoms with Crippen molar-refractivity contribution in [2.24, 2.45) is 5.41 Å². The van der Waals surface area contributed by atoms with Crippen LogP contribution in [0.4, 0.5) is 0 Å². The highest BCUT2D eigenvalue weighted by Gasteiger charge is 2.41. The second kappa shape index (κ2) is 2.76. The quantitative estimate of drug-likeness (QED) is 0.630. The van der Waals surface area contributed by atoms with Gasteiger partial charge in [0, 0.05) is 5.54 Å². The van der Waals surface area contributed by atoms with Gasteiger partial charge in [-0.05, 0) is 31.7 Å². The summed E-state index contributed by atoms with van der Waals surface area (Å²) in [4.78, 5) is 0. The first-order valence-electron chi connectivity index (χ1n) is 4.33. The van der Waals surface area contributed by atoms with Gasteiger partial charge in [-0.25, -0.2) is 0 Å². The van der Waals surface area contributed by atoms with E-state index in [2.05, 4.69) is 19.2 Å². The predicted octanol–water partition coefficient (Wildman–Crippen LogP) is 1.15. The highest BCUT2D eigenvalue weighted by atomic mass is 16.3. The number of aliphatic hydroxyl groups excluding tert-OH is 1. The lowest BCUT2D eigenvalue weighted by Crippen LogP contribution is -2.44. The van der Waals surface area contributed by atoms with Crippen LogP contribution in [-0.4, -0.2) is 24.3 Å². The van der Waals surface area contributed by atoms with Gasteiger partial charge in [0.2, 0.25) is 0 Å². The number of nitrogens with one attached hydrogen (secondary N) is 1. The molecule has 0 aliphatic heterocycles. The first-order chi connectivity index (χ1) is 5.04. The van der Waals surface area contributed by atoms with Gasteiger partial charge < -0.3 is 10.4 Å². The lowest BCUT2D eigenvalue weighted by molar-refractivity contribution is 0.161. The molecule has 1 unspecified atom stereocenters. The molecule has 0 aromatic heterocycles. The zero-order valence-corrected chi connectivity index (χ0v) is 7.78. The molecule has 0 radical (unpaired) electrons. The third-order valence-electron chi connectivity index (χ3n) is 2.93. The molecule has 1 saturated carbocycles. The SMILES string of the molecule is CNC1(CO)CCC(C)(C)C1. The van der Waals surface area contributed by atoms with Crippen molar-refractivity contribution in [3.8, 4) is 0 Å². The van der Waals surface area contributed by atoms with Gasteiger partial charge in [0.05, 0.1) is 6.61 Å². The van der Waals surface area contributed by atoms with Gasteiger partial charge in [-0.2, -0.15) is 0 Å². The largest absolute Gasteiger partial charge is 0.394 e. The Bertz CT molecular complexity index is 138. The summed E-state index contributed by atoms with van der Waals surface area (Å²) in [6, 6.07) is 0. The van der Waals surface area contributed by atoms with Crippen LogP contribution < -0.4 is 5.32 Å². The van der Waals surface area contributed by atoms with Crippen molar-refractivity contribution in [1.82, 2.24) is 5.32 Å². The lowest BCUT2D eigenvalue weighted by Gasteiger charge is -2.28. The van der Waals surface area contributed by atoms with Gasteiger partial charge in [0.25, 0.3) is 0 Å². The third-order valence-corrected chi connectivity index (χ3v) is 2.93. The second-order valence-electron chi connectivity index (χ2n) is 4.53. The Balaban J connectivity index is 2.62. The minimum absolute atomic E-state index is 0.0174. The van der Waals surface area contributed by atoms with E-state index in [9.17, 15) is 5.11 Å². The summed E-state index contributed by atoms with van der Waals surface area (Å²) in [6.45, 7) is 4.80. The summed E-state index contributed by atoms with van der Waals surface area (Å²) in [6.07, 6.45) is 3.41. The molecule has 1 aliphatic rings. The average molecular weight is 157 g/mol. The van der Waals surface area contributed by atoms with Crippen molar-refractivity contribution in [2.75, 3.05) is 13.7 Å².